The Hall–Kier alpha value is -0.520. The van der Waals surface area contributed by atoms with Crippen LogP contribution in [0.4, 0.5) is 0 Å². The van der Waals surface area contributed by atoms with Gasteiger partial charge in [-0.3, -0.25) is 0 Å². The van der Waals surface area contributed by atoms with E-state index in [0.29, 0.717) is 0 Å². The molecule has 3 aliphatic heterocycles. The molecule has 3 fully saturated rings. The van der Waals surface area contributed by atoms with Gasteiger partial charge < -0.3 is 64.5 Å². The van der Waals surface area contributed by atoms with Crippen LogP contribution < -0.4 is 0 Å². The first-order valence-electron chi connectivity index (χ1n) is 9.71. The molecular formula is C17H30O13. The average molecular weight is 442 g/mol. The summed E-state index contributed by atoms with van der Waals surface area (Å²) in [5, 5.41) is 80.2. The van der Waals surface area contributed by atoms with Gasteiger partial charge in [-0.2, -0.15) is 0 Å². The summed E-state index contributed by atoms with van der Waals surface area (Å²) in [6.07, 6.45) is -19.4. The predicted molar refractivity (Wildman–Crippen MR) is 92.4 cm³/mol. The molecule has 0 saturated carbocycles. The number of hydrogen-bond donors (Lipinski definition) is 8. The molecule has 14 atom stereocenters. The maximum Gasteiger partial charge on any atom is 0.187 e. The third kappa shape index (κ3) is 4.49. The lowest BCUT2D eigenvalue weighted by Crippen LogP contribution is -2.64. The molecule has 176 valence electrons. The van der Waals surface area contributed by atoms with Gasteiger partial charge >= 0.3 is 0 Å². The standard InChI is InChI=1S/C17H30O13/c1-4-7(19)13(11(23)15(25)26-4)29-17-12(24)14(8(20)5(2)27-17)30-16-10(22)9(21)6(3-18)28-16/h4-25H,3H2,1-2H3/t4-,5-,6+,7-,8-,9+,10+,11+,12+,13+,14+,15?,16-,17-/m0/s1. The van der Waals surface area contributed by atoms with Crippen LogP contribution in [0.2, 0.25) is 0 Å². The minimum absolute atomic E-state index is 0.584. The highest BCUT2D eigenvalue weighted by atomic mass is 16.7. The van der Waals surface area contributed by atoms with E-state index in [-0.39, 0.29) is 0 Å². The largest absolute Gasteiger partial charge is 0.394 e. The summed E-state index contributed by atoms with van der Waals surface area (Å²) in [6.45, 7) is 2.32. The van der Waals surface area contributed by atoms with Crippen molar-refractivity contribution in [1.29, 1.82) is 0 Å². The predicted octanol–water partition coefficient (Wildman–Crippen LogP) is -4.88. The Morgan fingerprint density at radius 3 is 1.63 bits per heavy atom. The second-order valence-electron chi connectivity index (χ2n) is 7.81. The summed E-state index contributed by atoms with van der Waals surface area (Å²) >= 11 is 0. The lowest BCUT2D eigenvalue weighted by atomic mass is 9.97. The van der Waals surface area contributed by atoms with Crippen molar-refractivity contribution >= 4 is 0 Å². The van der Waals surface area contributed by atoms with Crippen LogP contribution >= 0.6 is 0 Å². The summed E-state index contributed by atoms with van der Waals surface area (Å²) in [7, 11) is 0. The first kappa shape index (κ1) is 24.1. The molecule has 0 aliphatic carbocycles. The normalized spacial score (nSPS) is 55.0. The summed E-state index contributed by atoms with van der Waals surface area (Å²) in [5.41, 5.74) is 0. The molecule has 0 spiro atoms. The zero-order valence-corrected chi connectivity index (χ0v) is 16.4. The SMILES string of the molecule is C[C@@H]1O[C@@H](O[C@@H]2[C@@H](O)[C@H](C)OC(O)[C@@H]2O)[C@H](O)[C@H](O[C@@H]2O[C@H](CO)[C@@H](O)[C@H]2O)[C@H]1O. The maximum atomic E-state index is 10.6. The molecule has 13 nitrogen and oxygen atoms in total. The van der Waals surface area contributed by atoms with Gasteiger partial charge in [0.2, 0.25) is 0 Å². The van der Waals surface area contributed by atoms with Crippen LogP contribution in [0.5, 0.6) is 0 Å². The van der Waals surface area contributed by atoms with Gasteiger partial charge in [-0.05, 0) is 13.8 Å². The summed E-state index contributed by atoms with van der Waals surface area (Å²) in [5.74, 6) is 0. The molecule has 13 heteroatoms. The fourth-order valence-corrected chi connectivity index (χ4v) is 3.73. The van der Waals surface area contributed by atoms with Crippen molar-refractivity contribution in [2.75, 3.05) is 6.61 Å². The lowest BCUT2D eigenvalue weighted by molar-refractivity contribution is -0.361. The van der Waals surface area contributed by atoms with Crippen molar-refractivity contribution in [2.24, 2.45) is 0 Å². The second kappa shape index (κ2) is 9.54. The Kier molecular flexibility index (Phi) is 7.67. The minimum atomic E-state index is -1.67. The first-order chi connectivity index (χ1) is 14.1. The van der Waals surface area contributed by atoms with Crippen molar-refractivity contribution in [3.63, 3.8) is 0 Å². The average Bonchev–Trinajstić information content (AvgIpc) is 2.98. The highest BCUT2D eigenvalue weighted by Crippen LogP contribution is 2.32. The van der Waals surface area contributed by atoms with E-state index < -0.39 is 92.6 Å². The number of ether oxygens (including phenoxy) is 5. The molecule has 0 aromatic carbocycles. The topological polar surface area (TPSA) is 208 Å². The van der Waals surface area contributed by atoms with Crippen LogP contribution in [-0.4, -0.2) is 133 Å². The molecule has 3 aliphatic rings. The van der Waals surface area contributed by atoms with Crippen LogP contribution in [0.25, 0.3) is 0 Å². The number of aliphatic hydroxyl groups is 8. The molecule has 3 saturated heterocycles. The third-order valence-corrected chi connectivity index (χ3v) is 5.66. The molecule has 0 aromatic heterocycles. The molecule has 3 heterocycles. The van der Waals surface area contributed by atoms with Gasteiger partial charge in [0.05, 0.1) is 18.8 Å². The Morgan fingerprint density at radius 1 is 0.600 bits per heavy atom. The van der Waals surface area contributed by atoms with E-state index in [1.807, 2.05) is 0 Å². The zero-order chi connectivity index (χ0) is 22.3. The summed E-state index contributed by atoms with van der Waals surface area (Å²) < 4.78 is 26.6. The highest BCUT2D eigenvalue weighted by molar-refractivity contribution is 4.94. The van der Waals surface area contributed by atoms with E-state index in [0.717, 1.165) is 0 Å². The van der Waals surface area contributed by atoms with Crippen molar-refractivity contribution in [2.45, 2.75) is 99.9 Å². The van der Waals surface area contributed by atoms with Gasteiger partial charge in [0, 0.05) is 0 Å². The van der Waals surface area contributed by atoms with Crippen molar-refractivity contribution in [3.8, 4) is 0 Å². The van der Waals surface area contributed by atoms with Crippen molar-refractivity contribution < 1.29 is 64.5 Å². The molecule has 0 aromatic rings. The minimum Gasteiger partial charge on any atom is -0.394 e. The molecule has 1 unspecified atom stereocenters. The fourth-order valence-electron chi connectivity index (χ4n) is 3.73. The highest BCUT2D eigenvalue weighted by Gasteiger charge is 2.52. The van der Waals surface area contributed by atoms with E-state index >= 15 is 0 Å². The number of hydrogen-bond acceptors (Lipinski definition) is 13. The van der Waals surface area contributed by atoms with Crippen molar-refractivity contribution in [1.82, 2.24) is 0 Å². The monoisotopic (exact) mass is 442 g/mol. The Balaban J connectivity index is 1.72. The van der Waals surface area contributed by atoms with E-state index in [1.165, 1.54) is 13.8 Å². The van der Waals surface area contributed by atoms with E-state index in [9.17, 15) is 40.9 Å². The molecule has 0 amide bonds. The van der Waals surface area contributed by atoms with E-state index in [2.05, 4.69) is 0 Å². The molecule has 30 heavy (non-hydrogen) atoms. The second-order valence-corrected chi connectivity index (χ2v) is 7.81. The zero-order valence-electron chi connectivity index (χ0n) is 16.4. The molecule has 3 rings (SSSR count). The summed E-state index contributed by atoms with van der Waals surface area (Å²) in [4.78, 5) is 0. The van der Waals surface area contributed by atoms with E-state index in [4.69, 9.17) is 23.7 Å². The Bertz CT molecular complexity index is 552. The van der Waals surface area contributed by atoms with Crippen LogP contribution in [-0.2, 0) is 23.7 Å². The van der Waals surface area contributed by atoms with Crippen LogP contribution in [0.3, 0.4) is 0 Å². The fraction of sp³-hybridized carbons (Fsp3) is 1.00. The van der Waals surface area contributed by atoms with Gasteiger partial charge in [0.1, 0.15) is 54.9 Å². The smallest absolute Gasteiger partial charge is 0.187 e. The maximum absolute atomic E-state index is 10.6. The van der Waals surface area contributed by atoms with Gasteiger partial charge in [-0.25, -0.2) is 0 Å². The Labute approximate surface area is 171 Å². The van der Waals surface area contributed by atoms with Gasteiger partial charge in [0.15, 0.2) is 18.9 Å². The quantitative estimate of drug-likeness (QED) is 0.201. The molecule has 0 radical (unpaired) electrons. The Morgan fingerprint density at radius 2 is 1.10 bits per heavy atom. The number of rotatable bonds is 5. The number of aliphatic hydroxyl groups excluding tert-OH is 8. The van der Waals surface area contributed by atoms with E-state index in [1.54, 1.807) is 0 Å². The molecule has 0 bridgehead atoms. The van der Waals surface area contributed by atoms with Crippen LogP contribution in [0, 0.1) is 0 Å². The van der Waals surface area contributed by atoms with Gasteiger partial charge in [0.25, 0.3) is 0 Å². The lowest BCUT2D eigenvalue weighted by Gasteiger charge is -2.46. The summed E-state index contributed by atoms with van der Waals surface area (Å²) in [6, 6.07) is 0. The third-order valence-electron chi connectivity index (χ3n) is 5.66. The van der Waals surface area contributed by atoms with Gasteiger partial charge in [-0.1, -0.05) is 0 Å². The van der Waals surface area contributed by atoms with Crippen LogP contribution in [0.15, 0.2) is 0 Å². The van der Waals surface area contributed by atoms with Crippen molar-refractivity contribution in [3.05, 3.63) is 0 Å². The van der Waals surface area contributed by atoms with Crippen LogP contribution in [0.1, 0.15) is 13.8 Å². The first-order valence-corrected chi connectivity index (χ1v) is 9.71. The molecule has 8 N–H and O–H groups in total. The molecular weight excluding hydrogens is 412 g/mol. The van der Waals surface area contributed by atoms with Gasteiger partial charge in [-0.15, -0.1) is 0 Å².